The van der Waals surface area contributed by atoms with Gasteiger partial charge < -0.3 is 14.3 Å². The van der Waals surface area contributed by atoms with Crippen molar-refractivity contribution in [2.45, 2.75) is 58.4 Å². The van der Waals surface area contributed by atoms with Crippen molar-refractivity contribution in [3.05, 3.63) is 57.0 Å². The first-order valence-corrected chi connectivity index (χ1v) is 12.0. The van der Waals surface area contributed by atoms with Crippen LogP contribution >= 0.6 is 0 Å². The van der Waals surface area contributed by atoms with E-state index in [0.29, 0.717) is 17.9 Å². The minimum Gasteiger partial charge on any atom is -0.378 e. The number of aromatic nitrogens is 2. The quantitative estimate of drug-likeness (QED) is 0.640. The largest absolute Gasteiger partial charge is 0.378 e. The van der Waals surface area contributed by atoms with Gasteiger partial charge in [0.15, 0.2) is 0 Å². The van der Waals surface area contributed by atoms with Crippen LogP contribution in [0.2, 0.25) is 0 Å². The molecule has 0 unspecified atom stereocenters. The number of pyridine rings is 1. The molecule has 1 N–H and O–H groups in total. The first-order valence-electron chi connectivity index (χ1n) is 12.0. The third-order valence-electron chi connectivity index (χ3n) is 7.74. The van der Waals surface area contributed by atoms with Crippen molar-refractivity contribution >= 4 is 10.9 Å². The van der Waals surface area contributed by atoms with E-state index in [0.717, 1.165) is 35.7 Å². The zero-order valence-electron chi connectivity index (χ0n) is 20.0. The molecule has 170 valence electrons. The number of benzene rings is 1. The molecule has 5 heteroatoms. The summed E-state index contributed by atoms with van der Waals surface area (Å²) in [6.07, 6.45) is 2.44. The highest BCUT2D eigenvalue weighted by Crippen LogP contribution is 2.39. The van der Waals surface area contributed by atoms with Crippen LogP contribution in [0, 0.1) is 13.8 Å². The van der Waals surface area contributed by atoms with Crippen LogP contribution in [0.25, 0.3) is 22.2 Å². The van der Waals surface area contributed by atoms with E-state index >= 15 is 0 Å². The molecule has 2 aliphatic heterocycles. The molecule has 2 aliphatic rings. The Morgan fingerprint density at radius 3 is 2.44 bits per heavy atom. The maximum Gasteiger partial charge on any atom is 0.253 e. The predicted octanol–water partition coefficient (Wildman–Crippen LogP) is 4.85. The summed E-state index contributed by atoms with van der Waals surface area (Å²) >= 11 is 0. The van der Waals surface area contributed by atoms with Crippen molar-refractivity contribution in [1.82, 2.24) is 14.5 Å². The molecule has 0 bridgehead atoms. The molecule has 5 nitrogen and oxygen atoms in total. The molecule has 0 amide bonds. The topological polar surface area (TPSA) is 50.3 Å². The van der Waals surface area contributed by atoms with Gasteiger partial charge in [-0.1, -0.05) is 19.9 Å². The second-order valence-electron chi connectivity index (χ2n) is 10.1. The number of nitrogens with one attached hydrogen (secondary N) is 1. The first-order chi connectivity index (χ1) is 15.3. The minimum atomic E-state index is 0.0792. The second-order valence-corrected chi connectivity index (χ2v) is 10.1. The van der Waals surface area contributed by atoms with E-state index in [4.69, 9.17) is 4.74 Å². The highest BCUT2D eigenvalue weighted by Gasteiger charge is 2.30. The van der Waals surface area contributed by atoms with Gasteiger partial charge in [0.2, 0.25) is 0 Å². The van der Waals surface area contributed by atoms with Crippen LogP contribution in [-0.2, 0) is 11.8 Å². The highest BCUT2D eigenvalue weighted by atomic mass is 16.5. The number of hydrogen-bond donors (Lipinski definition) is 1. The molecule has 0 atom stereocenters. The van der Waals surface area contributed by atoms with E-state index < -0.39 is 0 Å². The summed E-state index contributed by atoms with van der Waals surface area (Å²) in [6, 6.07) is 9.71. The van der Waals surface area contributed by atoms with E-state index in [1.807, 2.05) is 20.9 Å². The molecule has 2 saturated heterocycles. The molecule has 0 radical (unpaired) electrons. The number of nitrogens with zero attached hydrogens (tertiary/aromatic N) is 2. The predicted molar refractivity (Wildman–Crippen MR) is 131 cm³/mol. The van der Waals surface area contributed by atoms with Crippen LogP contribution in [0.1, 0.15) is 60.9 Å². The summed E-state index contributed by atoms with van der Waals surface area (Å²) in [5.41, 5.74) is 8.14. The molecule has 0 saturated carbocycles. The van der Waals surface area contributed by atoms with Crippen molar-refractivity contribution in [3.63, 3.8) is 0 Å². The molecule has 2 fully saturated rings. The van der Waals surface area contributed by atoms with Gasteiger partial charge in [0.1, 0.15) is 0 Å². The summed E-state index contributed by atoms with van der Waals surface area (Å²) in [6.45, 7) is 12.6. The SMILES string of the molecule is Cc1cc(-c2[nH]c3ccc(C4CCN(C5COC5)CC4)cc3c2C(C)C)c(C)n(C)c1=O. The van der Waals surface area contributed by atoms with E-state index in [9.17, 15) is 4.79 Å². The Labute approximate surface area is 190 Å². The van der Waals surface area contributed by atoms with E-state index in [1.54, 1.807) is 4.57 Å². The van der Waals surface area contributed by atoms with Gasteiger partial charge in [-0.3, -0.25) is 9.69 Å². The number of hydrogen-bond acceptors (Lipinski definition) is 3. The Hall–Kier alpha value is -2.37. The smallest absolute Gasteiger partial charge is 0.253 e. The maximum absolute atomic E-state index is 12.4. The summed E-state index contributed by atoms with van der Waals surface area (Å²) in [7, 11) is 1.87. The van der Waals surface area contributed by atoms with Gasteiger partial charge in [0.25, 0.3) is 5.56 Å². The van der Waals surface area contributed by atoms with Gasteiger partial charge in [-0.05, 0) is 80.9 Å². The number of piperidine rings is 1. The normalized spacial score (nSPS) is 18.6. The van der Waals surface area contributed by atoms with Crippen LogP contribution in [0.3, 0.4) is 0 Å². The Morgan fingerprint density at radius 1 is 1.09 bits per heavy atom. The summed E-state index contributed by atoms with van der Waals surface area (Å²) in [5.74, 6) is 1.00. The Balaban J connectivity index is 1.53. The summed E-state index contributed by atoms with van der Waals surface area (Å²) in [4.78, 5) is 18.7. The lowest BCUT2D eigenvalue weighted by molar-refractivity contribution is -0.0712. The fourth-order valence-corrected chi connectivity index (χ4v) is 5.56. The number of likely N-dealkylation sites (tertiary alicyclic amines) is 1. The van der Waals surface area contributed by atoms with Crippen molar-refractivity contribution < 1.29 is 4.74 Å². The van der Waals surface area contributed by atoms with E-state index in [1.165, 1.54) is 48.0 Å². The maximum atomic E-state index is 12.4. The van der Waals surface area contributed by atoms with Crippen LogP contribution < -0.4 is 5.56 Å². The number of H-pyrrole nitrogens is 1. The lowest BCUT2D eigenvalue weighted by atomic mass is 9.87. The third kappa shape index (κ3) is 3.52. The first kappa shape index (κ1) is 21.5. The molecular formula is C27H35N3O2. The molecule has 2 aromatic heterocycles. The number of rotatable bonds is 4. The number of ether oxygens (including phenoxy) is 1. The fraction of sp³-hybridized carbons (Fsp3) is 0.519. The van der Waals surface area contributed by atoms with Crippen LogP contribution in [0.4, 0.5) is 0 Å². The van der Waals surface area contributed by atoms with Crippen molar-refractivity contribution in [2.24, 2.45) is 7.05 Å². The van der Waals surface area contributed by atoms with Crippen LogP contribution in [-0.4, -0.2) is 46.8 Å². The van der Waals surface area contributed by atoms with Crippen LogP contribution in [0.5, 0.6) is 0 Å². The zero-order valence-corrected chi connectivity index (χ0v) is 20.0. The summed E-state index contributed by atoms with van der Waals surface area (Å²) in [5, 5.41) is 1.33. The molecular weight excluding hydrogens is 398 g/mol. The molecule has 5 rings (SSSR count). The number of aromatic amines is 1. The molecule has 0 spiro atoms. The average Bonchev–Trinajstić information content (AvgIpc) is 3.13. The molecule has 3 aromatic rings. The molecule has 4 heterocycles. The van der Waals surface area contributed by atoms with Gasteiger partial charge in [-0.25, -0.2) is 0 Å². The van der Waals surface area contributed by atoms with Crippen molar-refractivity contribution in [1.29, 1.82) is 0 Å². The monoisotopic (exact) mass is 433 g/mol. The summed E-state index contributed by atoms with van der Waals surface area (Å²) < 4.78 is 7.16. The number of fused-ring (bicyclic) bond motifs is 1. The van der Waals surface area contributed by atoms with Crippen molar-refractivity contribution in [2.75, 3.05) is 26.3 Å². The van der Waals surface area contributed by atoms with Gasteiger partial charge >= 0.3 is 0 Å². The van der Waals surface area contributed by atoms with E-state index in [2.05, 4.69) is 48.0 Å². The lowest BCUT2D eigenvalue weighted by Gasteiger charge is -2.41. The van der Waals surface area contributed by atoms with Gasteiger partial charge in [-0.2, -0.15) is 0 Å². The standard InChI is InChI=1S/C27H35N3O2/c1-16(2)25-23-13-20(19-8-10-30(11-9-19)21-14-32-15-21)6-7-24(23)28-26(25)22-12-17(3)27(31)29(5)18(22)4/h6-7,12-13,16,19,21,28H,8-11,14-15H2,1-5H3. The molecule has 0 aliphatic carbocycles. The third-order valence-corrected chi connectivity index (χ3v) is 7.74. The second kappa shape index (κ2) is 8.20. The Kier molecular flexibility index (Phi) is 5.50. The average molecular weight is 434 g/mol. The molecule has 32 heavy (non-hydrogen) atoms. The van der Waals surface area contributed by atoms with E-state index in [-0.39, 0.29) is 5.56 Å². The Bertz CT molecular complexity index is 1210. The fourth-order valence-electron chi connectivity index (χ4n) is 5.56. The Morgan fingerprint density at radius 2 is 1.81 bits per heavy atom. The number of aryl methyl sites for hydroxylation is 1. The van der Waals surface area contributed by atoms with Gasteiger partial charge in [0, 0.05) is 34.8 Å². The van der Waals surface area contributed by atoms with Gasteiger partial charge in [-0.15, -0.1) is 0 Å². The lowest BCUT2D eigenvalue weighted by Crippen LogP contribution is -2.51. The van der Waals surface area contributed by atoms with Crippen molar-refractivity contribution in [3.8, 4) is 11.3 Å². The van der Waals surface area contributed by atoms with Gasteiger partial charge in [0.05, 0.1) is 24.9 Å². The minimum absolute atomic E-state index is 0.0792. The highest BCUT2D eigenvalue weighted by molar-refractivity contribution is 5.92. The van der Waals surface area contributed by atoms with Crippen LogP contribution in [0.15, 0.2) is 29.1 Å². The zero-order chi connectivity index (χ0) is 22.6. The molecule has 1 aromatic carbocycles.